The fourth-order valence-corrected chi connectivity index (χ4v) is 2.42. The van der Waals surface area contributed by atoms with Crippen molar-refractivity contribution in [1.29, 1.82) is 0 Å². The second kappa shape index (κ2) is 4.91. The summed E-state index contributed by atoms with van der Waals surface area (Å²) in [6, 6.07) is 1.30. The molecule has 0 saturated heterocycles. The third-order valence-electron chi connectivity index (χ3n) is 2.11. The van der Waals surface area contributed by atoms with E-state index < -0.39 is 0 Å². The van der Waals surface area contributed by atoms with Crippen LogP contribution in [0.3, 0.4) is 0 Å². The Morgan fingerprint density at radius 1 is 1.30 bits per heavy atom. The van der Waals surface area contributed by atoms with Gasteiger partial charge in [-0.05, 0) is 18.9 Å². The minimum absolute atomic E-state index is 0.123. The number of hydrogen-bond acceptors (Lipinski definition) is 1. The molecule has 2 heteroatoms. The topological polar surface area (TPSA) is 9.23 Å². The summed E-state index contributed by atoms with van der Waals surface area (Å²) in [4.78, 5) is 0. The predicted octanol–water partition coefficient (Wildman–Crippen LogP) is 1.86. The molecule has 0 unspecified atom stereocenters. The van der Waals surface area contributed by atoms with E-state index in [2.05, 4.69) is 6.92 Å². The lowest BCUT2D eigenvalue weighted by atomic mass is 9.98. The summed E-state index contributed by atoms with van der Waals surface area (Å²) in [5.74, 6) is 0. The van der Waals surface area contributed by atoms with E-state index in [9.17, 15) is 0 Å². The van der Waals surface area contributed by atoms with Crippen LogP contribution in [0.4, 0.5) is 0 Å². The van der Waals surface area contributed by atoms with Gasteiger partial charge in [-0.2, -0.15) is 0 Å². The summed E-state index contributed by atoms with van der Waals surface area (Å²) in [7, 11) is -0.123. The molecule has 0 atom stereocenters. The Morgan fingerprint density at radius 3 is 2.60 bits per heavy atom. The van der Waals surface area contributed by atoms with Gasteiger partial charge in [0.25, 0.3) is 0 Å². The second-order valence-corrected chi connectivity index (χ2v) is 4.87. The van der Waals surface area contributed by atoms with Crippen molar-refractivity contribution in [2.75, 3.05) is 0 Å². The van der Waals surface area contributed by atoms with Crippen molar-refractivity contribution in [2.45, 2.75) is 51.2 Å². The molecule has 1 saturated carbocycles. The smallest absolute Gasteiger partial charge is 0.161 e. The van der Waals surface area contributed by atoms with Gasteiger partial charge in [-0.1, -0.05) is 26.2 Å². The summed E-state index contributed by atoms with van der Waals surface area (Å²) in [6.07, 6.45) is 7.60. The summed E-state index contributed by atoms with van der Waals surface area (Å²) >= 11 is 0. The van der Waals surface area contributed by atoms with Crippen molar-refractivity contribution >= 4 is 9.76 Å². The highest BCUT2D eigenvalue weighted by atomic mass is 28.2. The summed E-state index contributed by atoms with van der Waals surface area (Å²) in [5, 5.41) is 0. The third-order valence-corrected chi connectivity index (χ3v) is 3.23. The maximum atomic E-state index is 5.77. The first-order chi connectivity index (χ1) is 4.93. The lowest BCUT2D eigenvalue weighted by Gasteiger charge is -2.21. The molecule has 0 bridgehead atoms. The van der Waals surface area contributed by atoms with Crippen LogP contribution in [-0.2, 0) is 4.43 Å². The van der Waals surface area contributed by atoms with Crippen LogP contribution in [0.25, 0.3) is 0 Å². The fourth-order valence-electron chi connectivity index (χ4n) is 1.52. The Morgan fingerprint density at radius 2 is 2.00 bits per heavy atom. The zero-order valence-corrected chi connectivity index (χ0v) is 8.35. The summed E-state index contributed by atoms with van der Waals surface area (Å²) in [6.45, 7) is 2.23. The van der Waals surface area contributed by atoms with Crippen molar-refractivity contribution in [3.8, 4) is 0 Å². The molecular weight excluding hydrogens is 140 g/mol. The van der Waals surface area contributed by atoms with Crippen LogP contribution in [0.5, 0.6) is 0 Å². The highest BCUT2D eigenvalue weighted by Crippen LogP contribution is 2.19. The predicted molar refractivity (Wildman–Crippen MR) is 47.0 cm³/mol. The summed E-state index contributed by atoms with van der Waals surface area (Å²) in [5.41, 5.74) is 0. The van der Waals surface area contributed by atoms with Crippen molar-refractivity contribution in [3.63, 3.8) is 0 Å². The molecule has 1 rings (SSSR count). The van der Waals surface area contributed by atoms with Gasteiger partial charge in [-0.3, -0.25) is 0 Å². The normalized spacial score (nSPS) is 22.5. The van der Waals surface area contributed by atoms with Crippen LogP contribution in [-0.4, -0.2) is 15.9 Å². The minimum Gasteiger partial charge on any atom is -0.421 e. The quantitative estimate of drug-likeness (QED) is 0.570. The Balaban J connectivity index is 2.02. The van der Waals surface area contributed by atoms with Gasteiger partial charge in [0.1, 0.15) is 0 Å². The van der Waals surface area contributed by atoms with E-state index in [4.69, 9.17) is 4.43 Å². The van der Waals surface area contributed by atoms with Gasteiger partial charge in [0.05, 0.1) is 0 Å². The van der Waals surface area contributed by atoms with Gasteiger partial charge in [-0.15, -0.1) is 0 Å². The van der Waals surface area contributed by atoms with Crippen LogP contribution in [0, 0.1) is 0 Å². The average Bonchev–Trinajstić information content (AvgIpc) is 2.03. The Hall–Kier alpha value is 0.177. The van der Waals surface area contributed by atoms with Crippen molar-refractivity contribution in [3.05, 3.63) is 0 Å². The van der Waals surface area contributed by atoms with Crippen molar-refractivity contribution in [2.24, 2.45) is 0 Å². The first kappa shape index (κ1) is 8.28. The van der Waals surface area contributed by atoms with E-state index >= 15 is 0 Å². The molecule has 0 amide bonds. The van der Waals surface area contributed by atoms with E-state index in [-0.39, 0.29) is 9.76 Å². The Kier molecular flexibility index (Phi) is 4.06. The first-order valence-electron chi connectivity index (χ1n) is 4.55. The molecule has 0 aromatic rings. The van der Waals surface area contributed by atoms with Gasteiger partial charge in [0, 0.05) is 6.10 Å². The third kappa shape index (κ3) is 2.84. The van der Waals surface area contributed by atoms with Crippen LogP contribution >= 0.6 is 0 Å². The molecule has 0 N–H and O–H groups in total. The molecule has 0 radical (unpaired) electrons. The minimum atomic E-state index is -0.123. The molecule has 1 nitrogen and oxygen atoms in total. The maximum Gasteiger partial charge on any atom is 0.161 e. The van der Waals surface area contributed by atoms with E-state index in [1.807, 2.05) is 0 Å². The van der Waals surface area contributed by atoms with Gasteiger partial charge in [0.2, 0.25) is 0 Å². The molecule has 0 aromatic carbocycles. The molecule has 1 fully saturated rings. The van der Waals surface area contributed by atoms with Crippen LogP contribution in [0.2, 0.25) is 6.04 Å². The number of rotatable bonds is 3. The SMILES string of the molecule is CC[SiH2]OC1CCCCC1. The van der Waals surface area contributed by atoms with Crippen LogP contribution in [0.15, 0.2) is 0 Å². The van der Waals surface area contributed by atoms with E-state index in [0.717, 1.165) is 0 Å². The largest absolute Gasteiger partial charge is 0.421 e. The van der Waals surface area contributed by atoms with Crippen LogP contribution < -0.4 is 0 Å². The van der Waals surface area contributed by atoms with Gasteiger partial charge >= 0.3 is 0 Å². The highest BCUT2D eigenvalue weighted by molar-refractivity contribution is 6.26. The van der Waals surface area contributed by atoms with Gasteiger partial charge in [0.15, 0.2) is 9.76 Å². The van der Waals surface area contributed by atoms with Crippen molar-refractivity contribution < 1.29 is 4.43 Å². The van der Waals surface area contributed by atoms with Gasteiger partial charge in [-0.25, -0.2) is 0 Å². The molecule has 60 valence electrons. The lowest BCUT2D eigenvalue weighted by molar-refractivity contribution is 0.162. The Labute approximate surface area is 66.1 Å². The number of hydrogen-bond donors (Lipinski definition) is 0. The molecule has 0 spiro atoms. The highest BCUT2D eigenvalue weighted by Gasteiger charge is 2.11. The molecule has 0 aliphatic heterocycles. The molecule has 1 aliphatic carbocycles. The van der Waals surface area contributed by atoms with E-state index in [1.165, 1.54) is 38.1 Å². The molecule has 10 heavy (non-hydrogen) atoms. The second-order valence-electron chi connectivity index (χ2n) is 3.13. The van der Waals surface area contributed by atoms with E-state index in [0.29, 0.717) is 6.10 Å². The van der Waals surface area contributed by atoms with Crippen LogP contribution in [0.1, 0.15) is 39.0 Å². The maximum absolute atomic E-state index is 5.77. The Bertz CT molecular complexity index is 79.3. The standard InChI is InChI=1S/C8H18OSi/c1-2-10-9-8-6-4-3-5-7-8/h8H,2-7,10H2,1H3. The first-order valence-corrected chi connectivity index (χ1v) is 6.13. The van der Waals surface area contributed by atoms with E-state index in [1.54, 1.807) is 0 Å². The molecule has 0 heterocycles. The molecule has 0 aromatic heterocycles. The van der Waals surface area contributed by atoms with Gasteiger partial charge < -0.3 is 4.43 Å². The van der Waals surface area contributed by atoms with Crippen molar-refractivity contribution in [1.82, 2.24) is 0 Å². The lowest BCUT2D eigenvalue weighted by Crippen LogP contribution is -2.18. The summed E-state index contributed by atoms with van der Waals surface area (Å²) < 4.78 is 5.77. The average molecular weight is 158 g/mol. The zero-order chi connectivity index (χ0) is 7.23. The molecule has 1 aliphatic rings. The molecular formula is C8H18OSi. The fraction of sp³-hybridized carbons (Fsp3) is 1.00. The monoisotopic (exact) mass is 158 g/mol. The zero-order valence-electron chi connectivity index (χ0n) is 6.94.